The van der Waals surface area contributed by atoms with Crippen LogP contribution in [0.5, 0.6) is 0 Å². The zero-order valence-corrected chi connectivity index (χ0v) is 6.06. The molecule has 0 heterocycles. The molecule has 0 aromatic carbocycles. The van der Waals surface area contributed by atoms with Gasteiger partial charge in [0.15, 0.2) is 0 Å². The summed E-state index contributed by atoms with van der Waals surface area (Å²) in [6.07, 6.45) is -1.16. The van der Waals surface area contributed by atoms with Gasteiger partial charge < -0.3 is 26.2 Å². The molecule has 6 N–H and O–H groups in total. The fourth-order valence-corrected chi connectivity index (χ4v) is 0.510. The lowest BCUT2D eigenvalue weighted by atomic mass is 10.2. The molecule has 0 aliphatic heterocycles. The van der Waals surface area contributed by atoms with E-state index in [0.717, 1.165) is 0 Å². The molecule has 0 aromatic rings. The second-order valence-electron chi connectivity index (χ2n) is 2.17. The number of aliphatic hydroxyl groups is 4. The van der Waals surface area contributed by atoms with Gasteiger partial charge in [0.05, 0.1) is 25.0 Å². The van der Waals surface area contributed by atoms with Crippen LogP contribution in [0.3, 0.4) is 0 Å². The first-order chi connectivity index (χ1) is 5.11. The molecule has 5 heteroatoms. The summed E-state index contributed by atoms with van der Waals surface area (Å²) >= 11 is 0. The Kier molecular flexibility index (Phi) is 4.60. The highest BCUT2D eigenvalue weighted by atomic mass is 16.3. The third-order valence-corrected chi connectivity index (χ3v) is 1.18. The lowest BCUT2D eigenvalue weighted by molar-refractivity contribution is 0.0854. The first kappa shape index (κ1) is 10.2. The maximum absolute atomic E-state index is 8.94. The van der Waals surface area contributed by atoms with Gasteiger partial charge in [-0.2, -0.15) is 0 Å². The normalized spacial score (nSPS) is 15.9. The van der Waals surface area contributed by atoms with E-state index in [1.54, 1.807) is 0 Å². The van der Waals surface area contributed by atoms with E-state index in [-0.39, 0.29) is 17.9 Å². The van der Waals surface area contributed by atoms with Gasteiger partial charge in [0.2, 0.25) is 0 Å². The van der Waals surface area contributed by atoms with Crippen LogP contribution >= 0.6 is 0 Å². The summed E-state index contributed by atoms with van der Waals surface area (Å²) in [5.74, 6) is -0.283. The molecule has 0 aliphatic rings. The molecule has 11 heavy (non-hydrogen) atoms. The monoisotopic (exact) mass is 163 g/mol. The van der Waals surface area contributed by atoms with Crippen LogP contribution in [0.25, 0.3) is 0 Å². The van der Waals surface area contributed by atoms with E-state index in [2.05, 4.69) is 0 Å². The van der Waals surface area contributed by atoms with Crippen molar-refractivity contribution in [3.05, 3.63) is 11.5 Å². The number of nitrogens with two attached hydrogens (primary N) is 1. The second-order valence-corrected chi connectivity index (χ2v) is 2.17. The van der Waals surface area contributed by atoms with Gasteiger partial charge in [-0.3, -0.25) is 0 Å². The Morgan fingerprint density at radius 3 is 2.27 bits per heavy atom. The van der Waals surface area contributed by atoms with Crippen molar-refractivity contribution in [1.29, 1.82) is 0 Å². The van der Waals surface area contributed by atoms with Gasteiger partial charge in [0.1, 0.15) is 5.76 Å². The summed E-state index contributed by atoms with van der Waals surface area (Å²) in [5, 5.41) is 34.5. The Bertz CT molecular complexity index is 146. The largest absolute Gasteiger partial charge is 0.510 e. The van der Waals surface area contributed by atoms with E-state index < -0.39 is 19.3 Å². The predicted molar refractivity (Wildman–Crippen MR) is 38.6 cm³/mol. The van der Waals surface area contributed by atoms with Gasteiger partial charge in [0, 0.05) is 6.42 Å². The third kappa shape index (κ3) is 3.82. The first-order valence-electron chi connectivity index (χ1n) is 3.18. The van der Waals surface area contributed by atoms with Crippen LogP contribution in [0.4, 0.5) is 0 Å². The smallest absolute Gasteiger partial charge is 0.116 e. The zero-order valence-electron chi connectivity index (χ0n) is 6.06. The molecule has 1 atom stereocenters. The topological polar surface area (TPSA) is 107 Å². The third-order valence-electron chi connectivity index (χ3n) is 1.18. The van der Waals surface area contributed by atoms with Crippen molar-refractivity contribution in [1.82, 2.24) is 0 Å². The SMILES string of the molecule is N/C(CO)=C(\O)CC(O)CO. The minimum Gasteiger partial charge on any atom is -0.510 e. The standard InChI is InChI=1S/C6H13NO4/c7-5(3-9)6(11)1-4(10)2-8/h4,8-11H,1-3,7H2/b6-5-. The average Bonchev–Trinajstić information content (AvgIpc) is 2.02. The van der Waals surface area contributed by atoms with E-state index in [4.69, 9.17) is 26.2 Å². The van der Waals surface area contributed by atoms with Crippen molar-refractivity contribution < 1.29 is 20.4 Å². The van der Waals surface area contributed by atoms with Crippen LogP contribution in [0, 0.1) is 0 Å². The Labute approximate surface area is 64.4 Å². The molecule has 0 fully saturated rings. The molecule has 0 radical (unpaired) electrons. The summed E-state index contributed by atoms with van der Waals surface area (Å²) in [4.78, 5) is 0. The predicted octanol–water partition coefficient (Wildman–Crippen LogP) is -1.55. The van der Waals surface area contributed by atoms with Crippen molar-refractivity contribution in [2.24, 2.45) is 5.73 Å². The Hall–Kier alpha value is -0.780. The van der Waals surface area contributed by atoms with Gasteiger partial charge in [-0.1, -0.05) is 0 Å². The van der Waals surface area contributed by atoms with Gasteiger partial charge in [-0.15, -0.1) is 0 Å². The molecular formula is C6H13NO4. The fraction of sp³-hybridized carbons (Fsp3) is 0.667. The Morgan fingerprint density at radius 1 is 1.36 bits per heavy atom. The summed E-state index contributed by atoms with van der Waals surface area (Å²) in [6.45, 7) is -0.896. The quantitative estimate of drug-likeness (QED) is 0.322. The highest BCUT2D eigenvalue weighted by Crippen LogP contribution is 2.03. The van der Waals surface area contributed by atoms with Crippen molar-refractivity contribution in [3.8, 4) is 0 Å². The highest BCUT2D eigenvalue weighted by molar-refractivity contribution is 5.03. The summed E-state index contributed by atoms with van der Waals surface area (Å²) in [5.41, 5.74) is 5.02. The van der Waals surface area contributed by atoms with E-state index in [1.807, 2.05) is 0 Å². The molecule has 0 bridgehead atoms. The van der Waals surface area contributed by atoms with Crippen molar-refractivity contribution in [3.63, 3.8) is 0 Å². The second kappa shape index (κ2) is 4.95. The summed E-state index contributed by atoms with van der Waals surface area (Å²) < 4.78 is 0. The lowest BCUT2D eigenvalue weighted by Gasteiger charge is -2.07. The van der Waals surface area contributed by atoms with Crippen LogP contribution in [-0.2, 0) is 0 Å². The number of hydrogen-bond acceptors (Lipinski definition) is 5. The molecule has 0 amide bonds. The van der Waals surface area contributed by atoms with Gasteiger partial charge >= 0.3 is 0 Å². The molecule has 0 saturated carbocycles. The van der Waals surface area contributed by atoms with Crippen LogP contribution in [-0.4, -0.2) is 39.7 Å². The molecular weight excluding hydrogens is 150 g/mol. The van der Waals surface area contributed by atoms with E-state index in [0.29, 0.717) is 0 Å². The molecule has 0 aliphatic carbocycles. The maximum atomic E-state index is 8.94. The van der Waals surface area contributed by atoms with E-state index in [1.165, 1.54) is 0 Å². The Balaban J connectivity index is 3.94. The van der Waals surface area contributed by atoms with Crippen molar-refractivity contribution >= 4 is 0 Å². The van der Waals surface area contributed by atoms with Crippen LogP contribution in [0.2, 0.25) is 0 Å². The molecule has 0 aromatic heterocycles. The molecule has 0 rings (SSSR count). The number of hydrogen-bond donors (Lipinski definition) is 5. The summed E-state index contributed by atoms with van der Waals surface area (Å²) in [6, 6.07) is 0. The Morgan fingerprint density at radius 2 is 1.91 bits per heavy atom. The molecule has 0 spiro atoms. The number of rotatable bonds is 4. The van der Waals surface area contributed by atoms with Crippen LogP contribution in [0.15, 0.2) is 11.5 Å². The molecule has 0 saturated heterocycles. The lowest BCUT2D eigenvalue weighted by Crippen LogP contribution is -2.16. The molecule has 66 valence electrons. The van der Waals surface area contributed by atoms with Crippen LogP contribution < -0.4 is 5.73 Å². The minimum absolute atomic E-state index is 0.0856. The van der Waals surface area contributed by atoms with Gasteiger partial charge in [-0.25, -0.2) is 0 Å². The fourth-order valence-electron chi connectivity index (χ4n) is 0.510. The van der Waals surface area contributed by atoms with Gasteiger partial charge in [0.25, 0.3) is 0 Å². The van der Waals surface area contributed by atoms with E-state index >= 15 is 0 Å². The summed E-state index contributed by atoms with van der Waals surface area (Å²) in [7, 11) is 0. The molecule has 5 nitrogen and oxygen atoms in total. The average molecular weight is 163 g/mol. The zero-order chi connectivity index (χ0) is 8.85. The van der Waals surface area contributed by atoms with Crippen LogP contribution in [0.1, 0.15) is 6.42 Å². The number of aliphatic hydroxyl groups excluding tert-OH is 4. The van der Waals surface area contributed by atoms with Crippen molar-refractivity contribution in [2.45, 2.75) is 12.5 Å². The first-order valence-corrected chi connectivity index (χ1v) is 3.18. The maximum Gasteiger partial charge on any atom is 0.116 e. The van der Waals surface area contributed by atoms with Crippen molar-refractivity contribution in [2.75, 3.05) is 13.2 Å². The highest BCUT2D eigenvalue weighted by Gasteiger charge is 2.07. The van der Waals surface area contributed by atoms with E-state index in [9.17, 15) is 0 Å². The molecule has 1 unspecified atom stereocenters. The van der Waals surface area contributed by atoms with Gasteiger partial charge in [-0.05, 0) is 0 Å². The minimum atomic E-state index is -1.03.